The molecule has 0 aromatic carbocycles. The Hall–Kier alpha value is -0.0800. The fourth-order valence-electron chi connectivity index (χ4n) is 1.64. The van der Waals surface area contributed by atoms with E-state index in [-0.39, 0.29) is 17.2 Å². The Kier molecular flexibility index (Phi) is 2.26. The molecule has 72 valence electrons. The maximum Gasteiger partial charge on any atom is 0.115 e. The van der Waals surface area contributed by atoms with Gasteiger partial charge in [0.1, 0.15) is 6.23 Å². The first-order chi connectivity index (χ1) is 5.25. The van der Waals surface area contributed by atoms with Crippen LogP contribution in [-0.2, 0) is 4.74 Å². The van der Waals surface area contributed by atoms with Gasteiger partial charge in [-0.3, -0.25) is 4.90 Å². The zero-order valence-electron chi connectivity index (χ0n) is 9.14. The minimum absolute atomic E-state index is 0.192. The molecule has 1 aliphatic heterocycles. The summed E-state index contributed by atoms with van der Waals surface area (Å²) in [5.41, 5.74) is 0.403. The molecule has 1 heterocycles. The van der Waals surface area contributed by atoms with E-state index in [0.717, 1.165) is 6.61 Å². The lowest BCUT2D eigenvalue weighted by Crippen LogP contribution is -2.45. The van der Waals surface area contributed by atoms with Crippen molar-refractivity contribution in [3.8, 4) is 0 Å². The van der Waals surface area contributed by atoms with Crippen molar-refractivity contribution in [1.82, 2.24) is 4.90 Å². The third-order valence-corrected chi connectivity index (χ3v) is 2.64. The van der Waals surface area contributed by atoms with Gasteiger partial charge in [0.15, 0.2) is 0 Å². The van der Waals surface area contributed by atoms with Crippen molar-refractivity contribution in [2.45, 2.75) is 46.4 Å². The topological polar surface area (TPSA) is 12.5 Å². The molecule has 2 heteroatoms. The van der Waals surface area contributed by atoms with E-state index in [2.05, 4.69) is 46.6 Å². The lowest BCUT2D eigenvalue weighted by molar-refractivity contribution is -0.0411. The largest absolute Gasteiger partial charge is 0.361 e. The van der Waals surface area contributed by atoms with Crippen LogP contribution in [0.4, 0.5) is 0 Å². The molecule has 1 aliphatic rings. The van der Waals surface area contributed by atoms with Crippen LogP contribution in [0, 0.1) is 5.41 Å². The average Bonchev–Trinajstić information content (AvgIpc) is 2.06. The summed E-state index contributed by atoms with van der Waals surface area (Å²) in [6.07, 6.45) is 0.257. The second-order valence-corrected chi connectivity index (χ2v) is 5.45. The van der Waals surface area contributed by atoms with Crippen molar-refractivity contribution < 1.29 is 4.74 Å². The summed E-state index contributed by atoms with van der Waals surface area (Å²) in [6.45, 7) is 11.9. The van der Waals surface area contributed by atoms with Crippen LogP contribution in [0.2, 0.25) is 0 Å². The molecule has 0 saturated carbocycles. The average molecular weight is 171 g/mol. The van der Waals surface area contributed by atoms with Crippen LogP contribution in [-0.4, -0.2) is 30.3 Å². The maximum absolute atomic E-state index is 5.77. The third kappa shape index (κ3) is 1.64. The number of likely N-dealkylation sites (N-methyl/N-ethyl adjacent to an activating group) is 1. The van der Waals surface area contributed by atoms with Crippen molar-refractivity contribution in [3.05, 3.63) is 0 Å². The Morgan fingerprint density at radius 3 is 2.00 bits per heavy atom. The van der Waals surface area contributed by atoms with Crippen molar-refractivity contribution >= 4 is 0 Å². The van der Waals surface area contributed by atoms with Crippen LogP contribution < -0.4 is 0 Å². The van der Waals surface area contributed by atoms with E-state index in [1.807, 2.05) is 0 Å². The van der Waals surface area contributed by atoms with Gasteiger partial charge in [-0.05, 0) is 20.9 Å². The highest BCUT2D eigenvalue weighted by atomic mass is 16.5. The van der Waals surface area contributed by atoms with Gasteiger partial charge >= 0.3 is 0 Å². The molecule has 0 aliphatic carbocycles. The number of hydrogen-bond acceptors (Lipinski definition) is 2. The lowest BCUT2D eigenvalue weighted by atomic mass is 9.92. The van der Waals surface area contributed by atoms with E-state index in [4.69, 9.17) is 4.74 Å². The van der Waals surface area contributed by atoms with Gasteiger partial charge < -0.3 is 4.74 Å². The molecule has 0 amide bonds. The van der Waals surface area contributed by atoms with Gasteiger partial charge in [0.25, 0.3) is 0 Å². The van der Waals surface area contributed by atoms with Crippen molar-refractivity contribution in [3.63, 3.8) is 0 Å². The molecular weight excluding hydrogens is 150 g/mol. The molecule has 1 atom stereocenters. The predicted molar refractivity (Wildman–Crippen MR) is 51.0 cm³/mol. The molecule has 2 nitrogen and oxygen atoms in total. The van der Waals surface area contributed by atoms with Gasteiger partial charge in [-0.1, -0.05) is 20.8 Å². The molecule has 0 N–H and O–H groups in total. The minimum atomic E-state index is 0.192. The summed E-state index contributed by atoms with van der Waals surface area (Å²) in [4.78, 5) is 2.33. The van der Waals surface area contributed by atoms with E-state index in [1.165, 1.54) is 0 Å². The summed E-state index contributed by atoms with van der Waals surface area (Å²) in [7, 11) is 2.14. The molecular formula is C10H21NO. The Balaban J connectivity index is 2.74. The first-order valence-corrected chi connectivity index (χ1v) is 4.60. The van der Waals surface area contributed by atoms with E-state index in [9.17, 15) is 0 Å². The van der Waals surface area contributed by atoms with Crippen molar-refractivity contribution in [2.75, 3.05) is 13.7 Å². The molecule has 0 aromatic heterocycles. The Bertz CT molecular complexity index is 169. The summed E-state index contributed by atoms with van der Waals surface area (Å²) >= 11 is 0. The first-order valence-electron chi connectivity index (χ1n) is 4.60. The highest BCUT2D eigenvalue weighted by Crippen LogP contribution is 2.34. The molecule has 0 bridgehead atoms. The molecule has 0 unspecified atom stereocenters. The Morgan fingerprint density at radius 1 is 1.33 bits per heavy atom. The summed E-state index contributed by atoms with van der Waals surface area (Å²) in [5.74, 6) is 0. The van der Waals surface area contributed by atoms with Crippen LogP contribution in [0.5, 0.6) is 0 Å². The van der Waals surface area contributed by atoms with Crippen molar-refractivity contribution in [1.29, 1.82) is 0 Å². The van der Waals surface area contributed by atoms with Crippen LogP contribution in [0.1, 0.15) is 34.6 Å². The van der Waals surface area contributed by atoms with Crippen LogP contribution in [0.3, 0.4) is 0 Å². The van der Waals surface area contributed by atoms with E-state index in [0.29, 0.717) is 0 Å². The predicted octanol–water partition coefficient (Wildman–Crippen LogP) is 2.10. The van der Waals surface area contributed by atoms with E-state index in [1.54, 1.807) is 0 Å². The number of hydrogen-bond donors (Lipinski definition) is 0. The zero-order valence-corrected chi connectivity index (χ0v) is 9.14. The van der Waals surface area contributed by atoms with Gasteiger partial charge in [0.05, 0.1) is 6.61 Å². The summed E-state index contributed by atoms with van der Waals surface area (Å²) in [5, 5.41) is 0. The number of nitrogens with zero attached hydrogens (tertiary/aromatic N) is 1. The van der Waals surface area contributed by atoms with Gasteiger partial charge in [0, 0.05) is 11.0 Å². The second-order valence-electron chi connectivity index (χ2n) is 5.45. The molecule has 1 rings (SSSR count). The normalized spacial score (nSPS) is 31.0. The maximum atomic E-state index is 5.77. The summed E-state index contributed by atoms with van der Waals surface area (Å²) < 4.78 is 5.77. The van der Waals surface area contributed by atoms with Gasteiger partial charge in [0.2, 0.25) is 0 Å². The highest BCUT2D eigenvalue weighted by Gasteiger charge is 2.43. The fraction of sp³-hybridized carbons (Fsp3) is 1.00. The smallest absolute Gasteiger partial charge is 0.115 e. The first kappa shape index (κ1) is 10.0. The number of rotatable bonds is 0. The van der Waals surface area contributed by atoms with Crippen LogP contribution >= 0.6 is 0 Å². The second kappa shape index (κ2) is 2.71. The van der Waals surface area contributed by atoms with Crippen molar-refractivity contribution in [2.24, 2.45) is 5.41 Å². The molecule has 0 spiro atoms. The van der Waals surface area contributed by atoms with Gasteiger partial charge in [-0.25, -0.2) is 0 Å². The van der Waals surface area contributed by atoms with Gasteiger partial charge in [-0.15, -0.1) is 0 Å². The SMILES string of the molecule is CN1[C@@H](C(C)(C)C)OCC1(C)C. The molecule has 0 aromatic rings. The fourth-order valence-corrected chi connectivity index (χ4v) is 1.64. The quantitative estimate of drug-likeness (QED) is 0.553. The zero-order chi connectivity index (χ0) is 9.57. The minimum Gasteiger partial charge on any atom is -0.361 e. The van der Waals surface area contributed by atoms with Gasteiger partial charge in [-0.2, -0.15) is 0 Å². The third-order valence-electron chi connectivity index (χ3n) is 2.64. The number of ether oxygens (including phenoxy) is 1. The monoisotopic (exact) mass is 171 g/mol. The molecule has 12 heavy (non-hydrogen) atoms. The Morgan fingerprint density at radius 2 is 1.83 bits per heavy atom. The molecule has 1 fully saturated rings. The summed E-state index contributed by atoms with van der Waals surface area (Å²) in [6, 6.07) is 0. The van der Waals surface area contributed by atoms with Crippen LogP contribution in [0.25, 0.3) is 0 Å². The standard InChI is InChI=1S/C10H21NO/c1-9(2,3)8-11(6)10(4,5)7-12-8/h8H,7H2,1-6H3/t8-/m1/s1. The lowest BCUT2D eigenvalue weighted by Gasteiger charge is -2.36. The Labute approximate surface area is 75.9 Å². The van der Waals surface area contributed by atoms with E-state index < -0.39 is 0 Å². The highest BCUT2D eigenvalue weighted by molar-refractivity contribution is 4.91. The molecule has 0 radical (unpaired) electrons. The van der Waals surface area contributed by atoms with Crippen LogP contribution in [0.15, 0.2) is 0 Å². The molecule has 1 saturated heterocycles. The van der Waals surface area contributed by atoms with E-state index >= 15 is 0 Å².